The standard InChI is InChI=1S/C15H16F4N2O3.C13H16FN3O2/c1-9-2-3-12(10-4-11(16)6-20-5-10)21(7-9)13(22)14(23)24-8-15(17,18)19;1-8-2-3-11(9-4-10(14)6-16-5-9)17(7-8)13(19)12(15)18/h4-6,9,12H,2-3,7-8H2,1H3;4-6,8,11H,2-3,7H2,1H3,(H2,15,18)/t9-,12+;8-,11+/m00/s1. The number of halogens is 5. The van der Waals surface area contributed by atoms with Gasteiger partial charge in [-0.25, -0.2) is 13.6 Å². The molecule has 0 spiro atoms. The number of piperidine rings is 2. The van der Waals surface area contributed by atoms with Crippen molar-refractivity contribution in [3.05, 3.63) is 59.7 Å². The molecule has 2 aliphatic rings. The largest absolute Gasteiger partial charge is 0.449 e. The van der Waals surface area contributed by atoms with Crippen LogP contribution in [0.5, 0.6) is 0 Å². The van der Waals surface area contributed by atoms with Gasteiger partial charge in [-0.2, -0.15) is 13.2 Å². The molecular formula is C28H32F5N5O5. The number of esters is 1. The lowest BCUT2D eigenvalue weighted by Gasteiger charge is -2.38. The number of likely N-dealkylation sites (tertiary alicyclic amines) is 2. The van der Waals surface area contributed by atoms with E-state index in [2.05, 4.69) is 14.7 Å². The second kappa shape index (κ2) is 14.3. The molecule has 0 radical (unpaired) electrons. The van der Waals surface area contributed by atoms with E-state index < -0.39 is 54.2 Å². The maximum absolute atomic E-state index is 13.4. The number of amides is 3. The lowest BCUT2D eigenvalue weighted by Crippen LogP contribution is -2.46. The minimum atomic E-state index is -4.71. The number of hydrogen-bond donors (Lipinski definition) is 1. The number of rotatable bonds is 3. The summed E-state index contributed by atoms with van der Waals surface area (Å²) in [5, 5.41) is 0. The van der Waals surface area contributed by atoms with Gasteiger partial charge in [-0.05, 0) is 60.8 Å². The molecule has 2 aliphatic heterocycles. The van der Waals surface area contributed by atoms with Crippen molar-refractivity contribution in [2.24, 2.45) is 17.6 Å². The van der Waals surface area contributed by atoms with Gasteiger partial charge in [0.25, 0.3) is 0 Å². The van der Waals surface area contributed by atoms with E-state index in [1.807, 2.05) is 13.8 Å². The van der Waals surface area contributed by atoms with Crippen LogP contribution in [0, 0.1) is 23.5 Å². The van der Waals surface area contributed by atoms with Crippen LogP contribution in [0.3, 0.4) is 0 Å². The minimum absolute atomic E-state index is 0.0575. The second-order valence-corrected chi connectivity index (χ2v) is 10.7. The summed E-state index contributed by atoms with van der Waals surface area (Å²) < 4.78 is 67.0. The number of primary amides is 1. The maximum Gasteiger partial charge on any atom is 0.422 e. The van der Waals surface area contributed by atoms with Crippen LogP contribution in [0.25, 0.3) is 0 Å². The number of nitrogens with zero attached hydrogens (tertiary/aromatic N) is 4. The molecule has 4 heterocycles. The number of ether oxygens (including phenoxy) is 1. The summed E-state index contributed by atoms with van der Waals surface area (Å²) in [6.45, 7) is 2.64. The van der Waals surface area contributed by atoms with E-state index >= 15 is 0 Å². The van der Waals surface area contributed by atoms with Crippen molar-refractivity contribution in [3.63, 3.8) is 0 Å². The van der Waals surface area contributed by atoms with Gasteiger partial charge < -0.3 is 20.3 Å². The highest BCUT2D eigenvalue weighted by molar-refractivity contribution is 6.34. The number of carbonyl (C=O) groups excluding carboxylic acids is 4. The Morgan fingerprint density at radius 2 is 1.26 bits per heavy atom. The number of aromatic nitrogens is 2. The van der Waals surface area contributed by atoms with E-state index in [4.69, 9.17) is 5.73 Å². The Morgan fingerprint density at radius 1 is 0.814 bits per heavy atom. The zero-order valence-corrected chi connectivity index (χ0v) is 23.5. The van der Waals surface area contributed by atoms with E-state index in [1.54, 1.807) is 0 Å². The Bertz CT molecular complexity index is 1330. The second-order valence-electron chi connectivity index (χ2n) is 10.7. The molecule has 4 rings (SSSR count). The van der Waals surface area contributed by atoms with Gasteiger partial charge >= 0.3 is 29.9 Å². The van der Waals surface area contributed by atoms with Crippen molar-refractivity contribution in [1.82, 2.24) is 19.8 Å². The molecule has 43 heavy (non-hydrogen) atoms. The molecule has 15 heteroatoms. The number of carbonyl (C=O) groups is 4. The zero-order valence-electron chi connectivity index (χ0n) is 23.5. The van der Waals surface area contributed by atoms with E-state index in [0.29, 0.717) is 36.4 Å². The molecule has 0 bridgehead atoms. The number of alkyl halides is 3. The smallest absolute Gasteiger partial charge is 0.422 e. The first kappa shape index (κ1) is 33.3. The predicted molar refractivity (Wildman–Crippen MR) is 140 cm³/mol. The Hall–Kier alpha value is -4.17. The van der Waals surface area contributed by atoms with Crippen molar-refractivity contribution in [2.45, 2.75) is 57.8 Å². The van der Waals surface area contributed by atoms with Gasteiger partial charge in [0.15, 0.2) is 6.61 Å². The van der Waals surface area contributed by atoms with Crippen LogP contribution >= 0.6 is 0 Å². The Labute approximate surface area is 244 Å². The van der Waals surface area contributed by atoms with Crippen molar-refractivity contribution in [1.29, 1.82) is 0 Å². The summed E-state index contributed by atoms with van der Waals surface area (Å²) in [6, 6.07) is 1.57. The average molecular weight is 614 g/mol. The number of nitrogens with two attached hydrogens (primary N) is 1. The topological polar surface area (TPSA) is 136 Å². The van der Waals surface area contributed by atoms with Crippen LogP contribution in [-0.4, -0.2) is 69.3 Å². The Kier molecular flexibility index (Phi) is 11.1. The molecule has 10 nitrogen and oxygen atoms in total. The van der Waals surface area contributed by atoms with Crippen molar-refractivity contribution in [2.75, 3.05) is 19.7 Å². The highest BCUT2D eigenvalue weighted by atomic mass is 19.4. The highest BCUT2D eigenvalue weighted by Crippen LogP contribution is 2.34. The molecule has 0 unspecified atom stereocenters. The minimum Gasteiger partial charge on any atom is -0.449 e. The summed E-state index contributed by atoms with van der Waals surface area (Å²) in [5.74, 6) is -5.15. The third kappa shape index (κ3) is 9.41. The fourth-order valence-corrected chi connectivity index (χ4v) is 5.14. The third-order valence-electron chi connectivity index (χ3n) is 7.13. The summed E-state index contributed by atoms with van der Waals surface area (Å²) >= 11 is 0. The first-order valence-corrected chi connectivity index (χ1v) is 13.5. The van der Waals surface area contributed by atoms with E-state index in [9.17, 15) is 41.1 Å². The summed E-state index contributed by atoms with van der Waals surface area (Å²) in [6.07, 6.45) is 3.03. The lowest BCUT2D eigenvalue weighted by molar-refractivity contribution is -0.190. The van der Waals surface area contributed by atoms with Crippen LogP contribution in [0.1, 0.15) is 62.7 Å². The highest BCUT2D eigenvalue weighted by Gasteiger charge is 2.38. The zero-order chi connectivity index (χ0) is 31.9. The van der Waals surface area contributed by atoms with E-state index in [1.165, 1.54) is 29.4 Å². The van der Waals surface area contributed by atoms with Crippen LogP contribution in [0.2, 0.25) is 0 Å². The van der Waals surface area contributed by atoms with Crippen LogP contribution in [0.4, 0.5) is 22.0 Å². The monoisotopic (exact) mass is 613 g/mol. The molecule has 3 amide bonds. The summed E-state index contributed by atoms with van der Waals surface area (Å²) in [5.41, 5.74) is 6.05. The van der Waals surface area contributed by atoms with Crippen molar-refractivity contribution in [3.8, 4) is 0 Å². The number of pyridine rings is 2. The van der Waals surface area contributed by atoms with E-state index in [-0.39, 0.29) is 18.5 Å². The van der Waals surface area contributed by atoms with E-state index in [0.717, 1.165) is 30.1 Å². The molecule has 0 aliphatic carbocycles. The van der Waals surface area contributed by atoms with Crippen molar-refractivity contribution < 1.29 is 45.9 Å². The summed E-state index contributed by atoms with van der Waals surface area (Å²) in [4.78, 5) is 56.8. The lowest BCUT2D eigenvalue weighted by atomic mass is 9.90. The third-order valence-corrected chi connectivity index (χ3v) is 7.13. The Balaban J connectivity index is 0.000000242. The predicted octanol–water partition coefficient (Wildman–Crippen LogP) is 3.63. The normalized spacial score (nSPS) is 22.2. The first-order chi connectivity index (χ1) is 20.2. The van der Waals surface area contributed by atoms with Crippen LogP contribution < -0.4 is 5.73 Å². The molecule has 2 fully saturated rings. The molecule has 234 valence electrons. The van der Waals surface area contributed by atoms with Crippen LogP contribution in [0.15, 0.2) is 36.9 Å². The molecule has 2 saturated heterocycles. The average Bonchev–Trinajstić information content (AvgIpc) is 2.95. The van der Waals surface area contributed by atoms with Gasteiger partial charge in [-0.15, -0.1) is 0 Å². The van der Waals surface area contributed by atoms with Gasteiger partial charge in [0.05, 0.1) is 24.5 Å². The van der Waals surface area contributed by atoms with Gasteiger partial charge in [-0.3, -0.25) is 24.4 Å². The van der Waals surface area contributed by atoms with Gasteiger partial charge in [0, 0.05) is 25.5 Å². The fourth-order valence-electron chi connectivity index (χ4n) is 5.14. The SMILES string of the molecule is C[C@H]1CC[C@H](c2cncc(F)c2)N(C(=O)C(=O)OCC(F)(F)F)C1.C[C@H]1CC[C@H](c2cncc(F)c2)N(C(=O)C(N)=O)C1. The quantitative estimate of drug-likeness (QED) is 0.317. The van der Waals surface area contributed by atoms with Gasteiger partial charge in [0.2, 0.25) is 0 Å². The number of hydrogen-bond acceptors (Lipinski definition) is 7. The molecule has 2 aromatic heterocycles. The molecule has 0 saturated carbocycles. The fraction of sp³-hybridized carbons (Fsp3) is 0.500. The van der Waals surface area contributed by atoms with Gasteiger partial charge in [-0.1, -0.05) is 13.8 Å². The molecule has 2 aromatic rings. The Morgan fingerprint density at radius 3 is 1.65 bits per heavy atom. The summed E-state index contributed by atoms with van der Waals surface area (Å²) in [7, 11) is 0. The first-order valence-electron chi connectivity index (χ1n) is 13.5. The van der Waals surface area contributed by atoms with Crippen LogP contribution in [-0.2, 0) is 23.9 Å². The molecule has 2 N–H and O–H groups in total. The molecule has 4 atom stereocenters. The molecular weight excluding hydrogens is 581 g/mol. The van der Waals surface area contributed by atoms with Gasteiger partial charge in [0.1, 0.15) is 11.6 Å². The van der Waals surface area contributed by atoms with Crippen molar-refractivity contribution >= 4 is 23.7 Å². The maximum atomic E-state index is 13.4. The molecule has 0 aromatic carbocycles.